The number of hydrogen-bond acceptors (Lipinski definition) is 5. The van der Waals surface area contributed by atoms with Crippen LogP contribution in [0.15, 0.2) is 28.6 Å². The largest absolute Gasteiger partial charge is 0.347 e. The van der Waals surface area contributed by atoms with Gasteiger partial charge in [0.25, 0.3) is 0 Å². The Hall–Kier alpha value is -2.57. The Balaban J connectivity index is 1.93. The van der Waals surface area contributed by atoms with Crippen molar-refractivity contribution in [3.05, 3.63) is 39.2 Å². The minimum absolute atomic E-state index is 0.247. The van der Waals surface area contributed by atoms with Gasteiger partial charge in [-0.1, -0.05) is 0 Å². The standard InChI is InChI=1S/C18H17N5S/c1-10-18-14(22-21-10)7-16(24-18)17-12(8-19)11(2)23-6-4-3-5-15(23)13(17)9-20/h7,17H,3-6H2,1-2H3,(H,21,22). The molecular weight excluding hydrogens is 318 g/mol. The van der Waals surface area contributed by atoms with Crippen LogP contribution in [-0.4, -0.2) is 21.6 Å². The van der Waals surface area contributed by atoms with Gasteiger partial charge in [-0.3, -0.25) is 5.10 Å². The Kier molecular flexibility index (Phi) is 3.44. The van der Waals surface area contributed by atoms with E-state index in [0.717, 1.165) is 63.6 Å². The number of nitrogens with zero attached hydrogens (tertiary/aromatic N) is 4. The molecule has 1 saturated heterocycles. The van der Waals surface area contributed by atoms with Gasteiger partial charge in [0.2, 0.25) is 0 Å². The maximum absolute atomic E-state index is 9.86. The highest BCUT2D eigenvalue weighted by Crippen LogP contribution is 2.46. The molecule has 1 atom stereocenters. The molecule has 0 amide bonds. The summed E-state index contributed by atoms with van der Waals surface area (Å²) in [5.74, 6) is -0.247. The number of aryl methyl sites for hydroxylation is 1. The molecule has 2 aliphatic rings. The molecule has 0 saturated carbocycles. The summed E-state index contributed by atoms with van der Waals surface area (Å²) in [7, 11) is 0. The van der Waals surface area contributed by atoms with Gasteiger partial charge in [0.1, 0.15) is 5.52 Å². The Morgan fingerprint density at radius 3 is 2.75 bits per heavy atom. The van der Waals surface area contributed by atoms with E-state index in [9.17, 15) is 10.5 Å². The van der Waals surface area contributed by atoms with E-state index in [2.05, 4.69) is 27.2 Å². The number of nitrogens with one attached hydrogen (secondary N) is 1. The Morgan fingerprint density at radius 2 is 2.04 bits per heavy atom. The van der Waals surface area contributed by atoms with Gasteiger partial charge in [-0.25, -0.2) is 0 Å². The van der Waals surface area contributed by atoms with Gasteiger partial charge in [-0.2, -0.15) is 15.6 Å². The molecule has 0 aliphatic carbocycles. The van der Waals surface area contributed by atoms with E-state index in [1.807, 2.05) is 19.9 Å². The topological polar surface area (TPSA) is 79.5 Å². The number of aromatic nitrogens is 2. The van der Waals surface area contributed by atoms with E-state index in [1.165, 1.54) is 0 Å². The van der Waals surface area contributed by atoms with Gasteiger partial charge in [-0.05, 0) is 39.2 Å². The van der Waals surface area contributed by atoms with Crippen LogP contribution in [-0.2, 0) is 0 Å². The Morgan fingerprint density at radius 1 is 1.25 bits per heavy atom. The van der Waals surface area contributed by atoms with Crippen molar-refractivity contribution in [2.75, 3.05) is 6.54 Å². The molecule has 2 aromatic rings. The molecule has 120 valence electrons. The van der Waals surface area contributed by atoms with Gasteiger partial charge in [-0.15, -0.1) is 11.3 Å². The molecule has 1 fully saturated rings. The second-order valence-corrected chi connectivity index (χ2v) is 7.42. The number of aromatic amines is 1. The van der Waals surface area contributed by atoms with Gasteiger partial charge in [0, 0.05) is 28.5 Å². The zero-order chi connectivity index (χ0) is 16.8. The number of piperidine rings is 1. The lowest BCUT2D eigenvalue weighted by molar-refractivity contribution is 0.337. The van der Waals surface area contributed by atoms with Crippen LogP contribution in [0.1, 0.15) is 42.7 Å². The number of nitriles is 2. The molecule has 2 aromatic heterocycles. The van der Waals surface area contributed by atoms with Crippen molar-refractivity contribution in [2.45, 2.75) is 39.0 Å². The summed E-state index contributed by atoms with van der Waals surface area (Å²) >= 11 is 1.63. The van der Waals surface area contributed by atoms with Crippen molar-refractivity contribution in [1.82, 2.24) is 15.1 Å². The van der Waals surface area contributed by atoms with Crippen LogP contribution < -0.4 is 0 Å². The fraction of sp³-hybridized carbons (Fsp3) is 0.389. The number of rotatable bonds is 1. The smallest absolute Gasteiger partial charge is 0.103 e. The lowest BCUT2D eigenvalue weighted by Crippen LogP contribution is -2.33. The van der Waals surface area contributed by atoms with E-state index in [1.54, 1.807) is 11.3 Å². The zero-order valence-corrected chi connectivity index (χ0v) is 14.5. The summed E-state index contributed by atoms with van der Waals surface area (Å²) in [6.07, 6.45) is 3.12. The predicted octanol–water partition coefficient (Wildman–Crippen LogP) is 4.09. The number of thiophene rings is 1. The molecule has 5 nitrogen and oxygen atoms in total. The fourth-order valence-corrected chi connectivity index (χ4v) is 4.96. The van der Waals surface area contributed by atoms with Gasteiger partial charge >= 0.3 is 0 Å². The first-order chi connectivity index (χ1) is 11.7. The third-order valence-corrected chi connectivity index (χ3v) is 6.30. The number of allylic oxidation sites excluding steroid dienone is 4. The first-order valence-corrected chi connectivity index (χ1v) is 8.93. The average Bonchev–Trinajstić information content (AvgIpc) is 3.17. The van der Waals surface area contributed by atoms with E-state index >= 15 is 0 Å². The molecule has 0 spiro atoms. The van der Waals surface area contributed by atoms with E-state index in [0.29, 0.717) is 5.57 Å². The minimum atomic E-state index is -0.247. The van der Waals surface area contributed by atoms with Crippen LogP contribution in [0.25, 0.3) is 10.2 Å². The van der Waals surface area contributed by atoms with Crippen LogP contribution in [0.4, 0.5) is 0 Å². The molecule has 6 heteroatoms. The normalized spacial score (nSPS) is 21.0. The summed E-state index contributed by atoms with van der Waals surface area (Å²) in [4.78, 5) is 3.22. The van der Waals surface area contributed by atoms with Crippen LogP contribution in [0.3, 0.4) is 0 Å². The zero-order valence-electron chi connectivity index (χ0n) is 13.7. The summed E-state index contributed by atoms with van der Waals surface area (Å²) in [6.45, 7) is 4.91. The van der Waals surface area contributed by atoms with Crippen molar-refractivity contribution >= 4 is 21.6 Å². The summed E-state index contributed by atoms with van der Waals surface area (Å²) in [5.41, 5.74) is 5.48. The van der Waals surface area contributed by atoms with Crippen molar-refractivity contribution in [2.24, 2.45) is 0 Å². The highest BCUT2D eigenvalue weighted by molar-refractivity contribution is 7.19. The van der Waals surface area contributed by atoms with Gasteiger partial charge in [0.15, 0.2) is 0 Å². The second kappa shape index (κ2) is 5.51. The maximum atomic E-state index is 9.86. The summed E-state index contributed by atoms with van der Waals surface area (Å²) in [6, 6.07) is 6.82. The lowest BCUT2D eigenvalue weighted by Gasteiger charge is -2.39. The molecule has 2 aliphatic heterocycles. The van der Waals surface area contributed by atoms with Crippen LogP contribution in [0, 0.1) is 29.6 Å². The molecular formula is C18H17N5S. The lowest BCUT2D eigenvalue weighted by atomic mass is 9.82. The molecule has 1 N–H and O–H groups in total. The van der Waals surface area contributed by atoms with E-state index in [4.69, 9.17) is 0 Å². The number of fused-ring (bicyclic) bond motifs is 2. The quantitative estimate of drug-likeness (QED) is 0.851. The maximum Gasteiger partial charge on any atom is 0.103 e. The summed E-state index contributed by atoms with van der Waals surface area (Å²) < 4.78 is 1.10. The fourth-order valence-electron chi connectivity index (χ4n) is 3.80. The van der Waals surface area contributed by atoms with Crippen LogP contribution in [0.2, 0.25) is 0 Å². The molecule has 0 aromatic carbocycles. The summed E-state index contributed by atoms with van der Waals surface area (Å²) in [5, 5.41) is 27.0. The first-order valence-electron chi connectivity index (χ1n) is 8.11. The second-order valence-electron chi connectivity index (χ2n) is 6.34. The highest BCUT2D eigenvalue weighted by Gasteiger charge is 2.36. The van der Waals surface area contributed by atoms with Crippen molar-refractivity contribution in [3.8, 4) is 12.1 Å². The molecule has 24 heavy (non-hydrogen) atoms. The van der Waals surface area contributed by atoms with Crippen LogP contribution >= 0.6 is 11.3 Å². The molecule has 0 radical (unpaired) electrons. The number of hydrogen-bond donors (Lipinski definition) is 1. The van der Waals surface area contributed by atoms with Crippen molar-refractivity contribution in [1.29, 1.82) is 10.5 Å². The minimum Gasteiger partial charge on any atom is -0.347 e. The molecule has 1 unspecified atom stereocenters. The van der Waals surface area contributed by atoms with Gasteiger partial charge < -0.3 is 4.90 Å². The Bertz CT molecular complexity index is 975. The SMILES string of the molecule is CC1=C(C#N)C(c2cc3n[nH]c(C)c3s2)C(C#N)=C2CCCCN12. The van der Waals surface area contributed by atoms with Gasteiger partial charge in [0.05, 0.1) is 33.9 Å². The predicted molar refractivity (Wildman–Crippen MR) is 93.0 cm³/mol. The molecule has 4 heterocycles. The molecule has 0 bridgehead atoms. The van der Waals surface area contributed by atoms with E-state index < -0.39 is 0 Å². The Labute approximate surface area is 144 Å². The number of H-pyrrole nitrogens is 1. The highest BCUT2D eigenvalue weighted by atomic mass is 32.1. The third kappa shape index (κ3) is 2.00. The van der Waals surface area contributed by atoms with E-state index in [-0.39, 0.29) is 5.92 Å². The third-order valence-electron chi connectivity index (χ3n) is 5.00. The van der Waals surface area contributed by atoms with Crippen LogP contribution in [0.5, 0.6) is 0 Å². The van der Waals surface area contributed by atoms with Crippen molar-refractivity contribution in [3.63, 3.8) is 0 Å². The molecule has 4 rings (SSSR count). The first kappa shape index (κ1) is 15.0. The monoisotopic (exact) mass is 335 g/mol. The average molecular weight is 335 g/mol. The van der Waals surface area contributed by atoms with Crippen molar-refractivity contribution < 1.29 is 0 Å².